The highest BCUT2D eigenvalue weighted by molar-refractivity contribution is 5.55. The van der Waals surface area contributed by atoms with Gasteiger partial charge in [-0.2, -0.15) is 17.6 Å². The summed E-state index contributed by atoms with van der Waals surface area (Å²) >= 11 is 0. The molecule has 1 aromatic heterocycles. The van der Waals surface area contributed by atoms with Gasteiger partial charge in [-0.1, -0.05) is 0 Å². The molecule has 0 amide bonds. The highest BCUT2D eigenvalue weighted by atomic mass is 19.3. The smallest absolute Gasteiger partial charge is 0.371 e. The van der Waals surface area contributed by atoms with Crippen molar-refractivity contribution < 1.29 is 41.3 Å². The van der Waals surface area contributed by atoms with Crippen LogP contribution in [0.2, 0.25) is 0 Å². The molecule has 0 saturated heterocycles. The van der Waals surface area contributed by atoms with Crippen molar-refractivity contribution in [3.05, 3.63) is 52.8 Å². The van der Waals surface area contributed by atoms with Gasteiger partial charge in [-0.15, -0.1) is 0 Å². The number of pyridine rings is 1. The first kappa shape index (κ1) is 18.5. The van der Waals surface area contributed by atoms with Gasteiger partial charge < -0.3 is 14.9 Å². The molecule has 2 aromatic rings. The van der Waals surface area contributed by atoms with E-state index in [1.807, 2.05) is 0 Å². The minimum atomic E-state index is -5.40. The van der Waals surface area contributed by atoms with Crippen molar-refractivity contribution in [1.82, 2.24) is 4.98 Å². The Hall–Kier alpha value is -2.33. The predicted molar refractivity (Wildman–Crippen MR) is 75.4 cm³/mol. The summed E-state index contributed by atoms with van der Waals surface area (Å²) in [6.45, 7) is 1.57. The molecule has 1 aliphatic carbocycles. The van der Waals surface area contributed by atoms with E-state index < -0.39 is 46.5 Å². The first-order valence-corrected chi connectivity index (χ1v) is 7.18. The molecule has 2 N–H and O–H groups in total. The molecule has 3 rings (SSSR count). The number of halogens is 6. The molecule has 0 radical (unpaired) electrons. The predicted octanol–water partition coefficient (Wildman–Crippen LogP) is 4.00. The second kappa shape index (κ2) is 5.58. The SMILES string of the molecule is Cc1cc(Oc2ccc3c(c2C(F)F)C(O)(O)C(F)(F)C3(F)F)ccn1. The molecule has 26 heavy (non-hydrogen) atoms. The molecule has 140 valence electrons. The maximum Gasteiger partial charge on any atom is 0.371 e. The lowest BCUT2D eigenvalue weighted by Crippen LogP contribution is -2.49. The number of aryl methyl sites for hydroxylation is 1. The zero-order valence-corrected chi connectivity index (χ0v) is 13.0. The summed E-state index contributed by atoms with van der Waals surface area (Å²) in [6, 6.07) is 3.66. The molecule has 1 aliphatic rings. The summed E-state index contributed by atoms with van der Waals surface area (Å²) in [5.41, 5.74) is -4.26. The number of ether oxygens (including phenoxy) is 1. The van der Waals surface area contributed by atoms with E-state index in [9.17, 15) is 36.6 Å². The van der Waals surface area contributed by atoms with Gasteiger partial charge in [-0.25, -0.2) is 8.78 Å². The second-order valence-electron chi connectivity index (χ2n) is 5.76. The van der Waals surface area contributed by atoms with Crippen LogP contribution in [0.1, 0.15) is 28.8 Å². The summed E-state index contributed by atoms with van der Waals surface area (Å²) in [4.78, 5) is 3.85. The summed E-state index contributed by atoms with van der Waals surface area (Å²) < 4.78 is 87.6. The molecule has 0 unspecified atom stereocenters. The van der Waals surface area contributed by atoms with Crippen LogP contribution < -0.4 is 4.74 Å². The normalized spacial score (nSPS) is 19.5. The fourth-order valence-corrected chi connectivity index (χ4v) is 2.80. The van der Waals surface area contributed by atoms with Crippen LogP contribution in [-0.2, 0) is 11.7 Å². The van der Waals surface area contributed by atoms with Crippen LogP contribution in [0.5, 0.6) is 11.5 Å². The monoisotopic (exact) mass is 379 g/mol. The van der Waals surface area contributed by atoms with Gasteiger partial charge >= 0.3 is 11.8 Å². The Morgan fingerprint density at radius 1 is 1.08 bits per heavy atom. The van der Waals surface area contributed by atoms with Crippen LogP contribution in [0.4, 0.5) is 26.3 Å². The fraction of sp³-hybridized carbons (Fsp3) is 0.312. The Kier molecular flexibility index (Phi) is 3.96. The third-order valence-electron chi connectivity index (χ3n) is 4.04. The van der Waals surface area contributed by atoms with Gasteiger partial charge in [0, 0.05) is 29.1 Å². The lowest BCUT2D eigenvalue weighted by Gasteiger charge is -2.28. The maximum absolute atomic E-state index is 13.9. The number of nitrogens with zero attached hydrogens (tertiary/aromatic N) is 1. The average Bonchev–Trinajstić information content (AvgIpc) is 2.63. The zero-order valence-electron chi connectivity index (χ0n) is 13.0. The van der Waals surface area contributed by atoms with Crippen molar-refractivity contribution in [2.45, 2.75) is 31.0 Å². The topological polar surface area (TPSA) is 62.6 Å². The van der Waals surface area contributed by atoms with Crippen LogP contribution in [0.15, 0.2) is 30.5 Å². The van der Waals surface area contributed by atoms with Gasteiger partial charge in [0.1, 0.15) is 11.5 Å². The van der Waals surface area contributed by atoms with Gasteiger partial charge in [0.15, 0.2) is 0 Å². The van der Waals surface area contributed by atoms with E-state index in [4.69, 9.17) is 4.74 Å². The summed E-state index contributed by atoms with van der Waals surface area (Å²) in [6.07, 6.45) is -2.31. The Bertz CT molecular complexity index is 869. The minimum absolute atomic E-state index is 0.0163. The van der Waals surface area contributed by atoms with Gasteiger partial charge in [0.25, 0.3) is 12.2 Å². The lowest BCUT2D eigenvalue weighted by molar-refractivity contribution is -0.358. The van der Waals surface area contributed by atoms with Crippen molar-refractivity contribution in [3.8, 4) is 11.5 Å². The van der Waals surface area contributed by atoms with E-state index in [1.165, 1.54) is 18.3 Å². The Labute approximate surface area is 142 Å². The molecule has 0 saturated carbocycles. The van der Waals surface area contributed by atoms with Gasteiger partial charge in [0.05, 0.1) is 5.56 Å². The number of aliphatic hydroxyl groups is 2. The van der Waals surface area contributed by atoms with Crippen LogP contribution >= 0.6 is 0 Å². The van der Waals surface area contributed by atoms with Gasteiger partial charge in [-0.05, 0) is 25.1 Å². The molecule has 0 bridgehead atoms. The number of hydrogen-bond donors (Lipinski definition) is 2. The molecule has 0 atom stereocenters. The van der Waals surface area contributed by atoms with Crippen molar-refractivity contribution in [2.75, 3.05) is 0 Å². The van der Waals surface area contributed by atoms with Crippen molar-refractivity contribution in [3.63, 3.8) is 0 Å². The van der Waals surface area contributed by atoms with E-state index in [-0.39, 0.29) is 5.75 Å². The van der Waals surface area contributed by atoms with Crippen LogP contribution in [0.25, 0.3) is 0 Å². The summed E-state index contributed by atoms with van der Waals surface area (Å²) in [7, 11) is 0. The number of rotatable bonds is 3. The molecule has 4 nitrogen and oxygen atoms in total. The maximum atomic E-state index is 13.9. The van der Waals surface area contributed by atoms with Crippen molar-refractivity contribution in [1.29, 1.82) is 0 Å². The first-order chi connectivity index (χ1) is 11.9. The van der Waals surface area contributed by atoms with Gasteiger partial charge in [0.2, 0.25) is 0 Å². The van der Waals surface area contributed by atoms with Gasteiger partial charge in [-0.3, -0.25) is 4.98 Å². The molecular weight excluding hydrogens is 368 g/mol. The Balaban J connectivity index is 2.23. The molecule has 0 aliphatic heterocycles. The average molecular weight is 379 g/mol. The summed E-state index contributed by atoms with van der Waals surface area (Å²) in [5, 5.41) is 19.2. The highest BCUT2D eigenvalue weighted by Crippen LogP contribution is 2.62. The van der Waals surface area contributed by atoms with Crippen molar-refractivity contribution >= 4 is 0 Å². The summed E-state index contributed by atoms with van der Waals surface area (Å²) in [5.74, 6) is -15.7. The molecule has 1 aromatic carbocycles. The molecule has 10 heteroatoms. The quantitative estimate of drug-likeness (QED) is 0.625. The minimum Gasteiger partial charge on any atom is -0.457 e. The number of aromatic nitrogens is 1. The third kappa shape index (κ3) is 2.36. The van der Waals surface area contributed by atoms with E-state index in [2.05, 4.69) is 4.98 Å². The van der Waals surface area contributed by atoms with E-state index >= 15 is 0 Å². The number of hydrogen-bond acceptors (Lipinski definition) is 4. The van der Waals surface area contributed by atoms with Crippen LogP contribution in [0.3, 0.4) is 0 Å². The lowest BCUT2D eigenvalue weighted by atomic mass is 9.98. The molecule has 0 spiro atoms. The van der Waals surface area contributed by atoms with E-state index in [0.29, 0.717) is 17.8 Å². The number of benzene rings is 1. The number of fused-ring (bicyclic) bond motifs is 1. The first-order valence-electron chi connectivity index (χ1n) is 7.18. The van der Waals surface area contributed by atoms with Crippen LogP contribution in [0, 0.1) is 6.92 Å². The molecular formula is C16H11F6NO3. The Morgan fingerprint density at radius 3 is 2.31 bits per heavy atom. The number of alkyl halides is 6. The van der Waals surface area contributed by atoms with Crippen LogP contribution in [-0.4, -0.2) is 21.1 Å². The molecule has 0 fully saturated rings. The standard InChI is InChI=1S/C16H11F6NO3/c1-7-6-8(4-5-23-7)26-10-3-2-9-12(11(10)13(17)18)15(24,25)16(21,22)14(9,19)20/h2-6,13,24-25H,1H3. The second-order valence-corrected chi connectivity index (χ2v) is 5.76. The molecule has 1 heterocycles. The Morgan fingerprint density at radius 2 is 1.73 bits per heavy atom. The van der Waals surface area contributed by atoms with E-state index in [0.717, 1.165) is 0 Å². The van der Waals surface area contributed by atoms with E-state index in [1.54, 1.807) is 6.92 Å². The highest BCUT2D eigenvalue weighted by Gasteiger charge is 2.77. The fourth-order valence-electron chi connectivity index (χ4n) is 2.80. The largest absolute Gasteiger partial charge is 0.457 e. The third-order valence-corrected chi connectivity index (χ3v) is 4.04. The van der Waals surface area contributed by atoms with Crippen molar-refractivity contribution in [2.24, 2.45) is 0 Å². The zero-order chi connectivity index (χ0) is 19.5.